The van der Waals surface area contributed by atoms with Crippen LogP contribution in [0.3, 0.4) is 0 Å². The zero-order valence-electron chi connectivity index (χ0n) is 11.1. The van der Waals surface area contributed by atoms with E-state index in [1.807, 2.05) is 24.1 Å². The second kappa shape index (κ2) is 6.11. The molecule has 0 aromatic carbocycles. The predicted octanol–water partition coefficient (Wildman–Crippen LogP) is 2.81. The van der Waals surface area contributed by atoms with Gasteiger partial charge in [0.05, 0.1) is 17.0 Å². The largest absolute Gasteiger partial charge is 0.331 e. The molecule has 5 heteroatoms. The van der Waals surface area contributed by atoms with Crippen LogP contribution in [0.5, 0.6) is 0 Å². The van der Waals surface area contributed by atoms with Gasteiger partial charge in [0.25, 0.3) is 0 Å². The summed E-state index contributed by atoms with van der Waals surface area (Å²) in [6.45, 7) is 8.34. The van der Waals surface area contributed by atoms with Gasteiger partial charge in [0.2, 0.25) is 0 Å². The van der Waals surface area contributed by atoms with Gasteiger partial charge in [0.1, 0.15) is 0 Å². The van der Waals surface area contributed by atoms with Crippen LogP contribution in [0, 0.1) is 0 Å². The van der Waals surface area contributed by atoms with Gasteiger partial charge in [-0.1, -0.05) is 6.92 Å². The van der Waals surface area contributed by atoms with Gasteiger partial charge in [-0.05, 0) is 13.8 Å². The van der Waals surface area contributed by atoms with E-state index in [-0.39, 0.29) is 0 Å². The third-order valence-corrected chi connectivity index (χ3v) is 3.94. The lowest BCUT2D eigenvalue weighted by molar-refractivity contribution is 0.539. The number of rotatable bonds is 6. The molecular weight excluding hydrogens is 244 g/mol. The fourth-order valence-corrected chi connectivity index (χ4v) is 2.61. The average Bonchev–Trinajstić information content (AvgIpc) is 2.99. The second-order valence-electron chi connectivity index (χ2n) is 4.79. The number of nitrogens with zero attached hydrogens (tertiary/aromatic N) is 3. The maximum atomic E-state index is 4.34. The van der Waals surface area contributed by atoms with Crippen LogP contribution in [0.15, 0.2) is 24.1 Å². The minimum atomic E-state index is 0.459. The predicted molar refractivity (Wildman–Crippen MR) is 74.8 cm³/mol. The smallest absolute Gasteiger partial charge is 0.0965 e. The molecule has 0 aliphatic carbocycles. The first-order chi connectivity index (χ1) is 8.68. The highest BCUT2D eigenvalue weighted by atomic mass is 32.1. The number of imidazole rings is 1. The summed E-state index contributed by atoms with van der Waals surface area (Å²) < 4.78 is 2.20. The molecule has 2 aromatic rings. The fourth-order valence-electron chi connectivity index (χ4n) is 1.92. The molecule has 0 amide bonds. The Labute approximate surface area is 112 Å². The van der Waals surface area contributed by atoms with Gasteiger partial charge in [-0.15, -0.1) is 11.3 Å². The van der Waals surface area contributed by atoms with Crippen LogP contribution in [0.25, 0.3) is 0 Å². The van der Waals surface area contributed by atoms with Crippen LogP contribution < -0.4 is 5.32 Å². The molecule has 1 unspecified atom stereocenters. The van der Waals surface area contributed by atoms with Gasteiger partial charge in [-0.2, -0.15) is 0 Å². The molecule has 0 saturated carbocycles. The van der Waals surface area contributed by atoms with Crippen LogP contribution in [0.1, 0.15) is 43.4 Å². The van der Waals surface area contributed by atoms with E-state index in [4.69, 9.17) is 0 Å². The van der Waals surface area contributed by atoms with Crippen LogP contribution in [-0.4, -0.2) is 21.1 Å². The molecule has 18 heavy (non-hydrogen) atoms. The van der Waals surface area contributed by atoms with Crippen LogP contribution >= 0.6 is 11.3 Å². The Bertz CT molecular complexity index is 461. The van der Waals surface area contributed by atoms with Crippen molar-refractivity contribution < 1.29 is 0 Å². The standard InChI is InChI=1S/C13H20N4S/c1-10(2)17-9-15-8-12(17)7-14-6-11(3)13-16-4-5-18-13/h4-5,8-11,14H,6-7H2,1-3H3. The minimum Gasteiger partial charge on any atom is -0.331 e. The molecule has 0 fully saturated rings. The topological polar surface area (TPSA) is 42.7 Å². The third kappa shape index (κ3) is 3.17. The summed E-state index contributed by atoms with van der Waals surface area (Å²) in [5.74, 6) is 0.459. The lowest BCUT2D eigenvalue weighted by atomic mass is 10.2. The van der Waals surface area contributed by atoms with Crippen molar-refractivity contribution in [2.45, 2.75) is 39.3 Å². The Morgan fingerprint density at radius 1 is 1.39 bits per heavy atom. The van der Waals surface area contributed by atoms with E-state index in [2.05, 4.69) is 40.6 Å². The van der Waals surface area contributed by atoms with E-state index in [0.717, 1.165) is 13.1 Å². The zero-order chi connectivity index (χ0) is 13.0. The highest BCUT2D eigenvalue weighted by Crippen LogP contribution is 2.16. The van der Waals surface area contributed by atoms with Crippen molar-refractivity contribution in [3.8, 4) is 0 Å². The number of hydrogen-bond donors (Lipinski definition) is 1. The summed E-state index contributed by atoms with van der Waals surface area (Å²) in [4.78, 5) is 8.54. The molecule has 0 spiro atoms. The van der Waals surface area contributed by atoms with Crippen LogP contribution in [-0.2, 0) is 6.54 Å². The van der Waals surface area contributed by atoms with Gasteiger partial charge in [0.15, 0.2) is 0 Å². The molecule has 1 atom stereocenters. The molecule has 0 aliphatic rings. The summed E-state index contributed by atoms with van der Waals surface area (Å²) >= 11 is 1.72. The van der Waals surface area contributed by atoms with Crippen LogP contribution in [0.4, 0.5) is 0 Å². The lowest BCUT2D eigenvalue weighted by Crippen LogP contribution is -2.21. The lowest BCUT2D eigenvalue weighted by Gasteiger charge is -2.14. The van der Waals surface area contributed by atoms with E-state index in [1.165, 1.54) is 10.7 Å². The fraction of sp³-hybridized carbons (Fsp3) is 0.538. The average molecular weight is 264 g/mol. The van der Waals surface area contributed by atoms with Gasteiger partial charge in [0, 0.05) is 42.8 Å². The Morgan fingerprint density at radius 2 is 2.22 bits per heavy atom. The minimum absolute atomic E-state index is 0.459. The Morgan fingerprint density at radius 3 is 2.89 bits per heavy atom. The van der Waals surface area contributed by atoms with Crippen LogP contribution in [0.2, 0.25) is 0 Å². The van der Waals surface area contributed by atoms with Gasteiger partial charge < -0.3 is 9.88 Å². The van der Waals surface area contributed by atoms with Crippen molar-refractivity contribution >= 4 is 11.3 Å². The second-order valence-corrected chi connectivity index (χ2v) is 5.71. The van der Waals surface area contributed by atoms with E-state index in [0.29, 0.717) is 12.0 Å². The van der Waals surface area contributed by atoms with Gasteiger partial charge >= 0.3 is 0 Å². The first kappa shape index (κ1) is 13.2. The molecule has 2 heterocycles. The highest BCUT2D eigenvalue weighted by Gasteiger charge is 2.09. The summed E-state index contributed by atoms with van der Waals surface area (Å²) in [5.41, 5.74) is 1.23. The molecule has 98 valence electrons. The summed E-state index contributed by atoms with van der Waals surface area (Å²) in [6.07, 6.45) is 5.69. The monoisotopic (exact) mass is 264 g/mol. The first-order valence-electron chi connectivity index (χ1n) is 6.29. The number of aromatic nitrogens is 3. The first-order valence-corrected chi connectivity index (χ1v) is 7.17. The maximum absolute atomic E-state index is 4.34. The van der Waals surface area contributed by atoms with E-state index >= 15 is 0 Å². The van der Waals surface area contributed by atoms with E-state index in [1.54, 1.807) is 11.3 Å². The molecule has 4 nitrogen and oxygen atoms in total. The third-order valence-electron chi connectivity index (χ3n) is 2.93. The molecule has 0 saturated heterocycles. The van der Waals surface area contributed by atoms with Crippen molar-refractivity contribution in [2.24, 2.45) is 0 Å². The summed E-state index contributed by atoms with van der Waals surface area (Å²) in [6, 6.07) is 0.459. The molecule has 0 bridgehead atoms. The van der Waals surface area contributed by atoms with Crippen molar-refractivity contribution in [2.75, 3.05) is 6.54 Å². The Hall–Kier alpha value is -1.20. The van der Waals surface area contributed by atoms with Crippen molar-refractivity contribution in [3.05, 3.63) is 34.8 Å². The molecule has 0 aliphatic heterocycles. The summed E-state index contributed by atoms with van der Waals surface area (Å²) in [7, 11) is 0. The van der Waals surface area contributed by atoms with Gasteiger partial charge in [-0.25, -0.2) is 9.97 Å². The quantitative estimate of drug-likeness (QED) is 0.872. The van der Waals surface area contributed by atoms with Gasteiger partial charge in [-0.3, -0.25) is 0 Å². The normalized spacial score (nSPS) is 13.1. The summed E-state index contributed by atoms with van der Waals surface area (Å²) in [5, 5.41) is 6.70. The zero-order valence-corrected chi connectivity index (χ0v) is 11.9. The van der Waals surface area contributed by atoms with E-state index < -0.39 is 0 Å². The van der Waals surface area contributed by atoms with Crippen molar-refractivity contribution in [3.63, 3.8) is 0 Å². The van der Waals surface area contributed by atoms with Crippen molar-refractivity contribution in [1.82, 2.24) is 19.9 Å². The number of thiazole rings is 1. The maximum Gasteiger partial charge on any atom is 0.0965 e. The number of nitrogens with one attached hydrogen (secondary N) is 1. The molecule has 1 N–H and O–H groups in total. The molecular formula is C13H20N4S. The Kier molecular flexibility index (Phi) is 4.49. The SMILES string of the molecule is CC(CNCc1cncn1C(C)C)c1nccs1. The Balaban J connectivity index is 1.83. The van der Waals surface area contributed by atoms with Crippen molar-refractivity contribution in [1.29, 1.82) is 0 Å². The molecule has 2 aromatic heterocycles. The highest BCUT2D eigenvalue weighted by molar-refractivity contribution is 7.09. The molecule has 0 radical (unpaired) electrons. The van der Waals surface area contributed by atoms with E-state index in [9.17, 15) is 0 Å². The number of hydrogen-bond acceptors (Lipinski definition) is 4. The molecule has 2 rings (SSSR count).